The van der Waals surface area contributed by atoms with E-state index in [0.29, 0.717) is 0 Å². The predicted molar refractivity (Wildman–Crippen MR) is 74.7 cm³/mol. The van der Waals surface area contributed by atoms with Gasteiger partial charge in [-0.15, -0.1) is 11.3 Å². The average Bonchev–Trinajstić information content (AvgIpc) is 2.67. The summed E-state index contributed by atoms with van der Waals surface area (Å²) in [7, 11) is 0. The Hall–Kier alpha value is -0.530. The second-order valence-electron chi connectivity index (χ2n) is 4.21. The van der Waals surface area contributed by atoms with Crippen LogP contribution in [0, 0.1) is 0 Å². The third kappa shape index (κ3) is 2.78. The highest BCUT2D eigenvalue weighted by Gasteiger charge is 2.03. The minimum Gasteiger partial charge on any atom is -0.143 e. The average molecular weight is 253 g/mol. The Balaban J connectivity index is 2.07. The van der Waals surface area contributed by atoms with Crippen LogP contribution in [0.4, 0.5) is 0 Å². The Bertz CT molecular complexity index is 459. The molecule has 0 aliphatic carbocycles. The van der Waals surface area contributed by atoms with Crippen molar-refractivity contribution in [3.05, 3.63) is 34.2 Å². The summed E-state index contributed by atoms with van der Waals surface area (Å²) in [5.74, 6) is 0. The van der Waals surface area contributed by atoms with E-state index in [9.17, 15) is 0 Å². The number of hydrogen-bond acceptors (Lipinski definition) is 1. The lowest BCUT2D eigenvalue weighted by atomic mass is 10.1. The van der Waals surface area contributed by atoms with Crippen molar-refractivity contribution in [3.8, 4) is 0 Å². The molecular weight excluding hydrogens is 236 g/mol. The summed E-state index contributed by atoms with van der Waals surface area (Å²) in [5.41, 5.74) is 1.49. The van der Waals surface area contributed by atoms with Gasteiger partial charge < -0.3 is 0 Å². The van der Waals surface area contributed by atoms with E-state index in [4.69, 9.17) is 11.6 Å². The molecule has 2 heteroatoms. The van der Waals surface area contributed by atoms with Gasteiger partial charge in [-0.2, -0.15) is 0 Å². The highest BCUT2D eigenvalue weighted by Crippen LogP contribution is 2.29. The predicted octanol–water partition coefficient (Wildman–Crippen LogP) is 5.68. The molecule has 86 valence electrons. The second-order valence-corrected chi connectivity index (χ2v) is 5.56. The van der Waals surface area contributed by atoms with Gasteiger partial charge in [0.1, 0.15) is 0 Å². The molecule has 0 bridgehead atoms. The van der Waals surface area contributed by atoms with E-state index in [1.54, 1.807) is 0 Å². The Kier molecular flexibility index (Phi) is 4.25. The number of fused-ring (bicyclic) bond motifs is 1. The van der Waals surface area contributed by atoms with E-state index < -0.39 is 0 Å². The summed E-state index contributed by atoms with van der Waals surface area (Å²) < 4.78 is 1.32. The molecule has 2 rings (SSSR count). The summed E-state index contributed by atoms with van der Waals surface area (Å²) >= 11 is 7.79. The lowest BCUT2D eigenvalue weighted by Crippen LogP contribution is -1.83. The van der Waals surface area contributed by atoms with Crippen molar-refractivity contribution in [2.24, 2.45) is 0 Å². The molecule has 0 fully saturated rings. The first kappa shape index (κ1) is 11.9. The molecule has 0 amide bonds. The maximum atomic E-state index is 5.98. The van der Waals surface area contributed by atoms with Gasteiger partial charge in [0.05, 0.1) is 0 Å². The molecule has 0 atom stereocenters. The Labute approximate surface area is 106 Å². The molecule has 0 unspecified atom stereocenters. The lowest BCUT2D eigenvalue weighted by Gasteiger charge is -1.99. The zero-order valence-electron chi connectivity index (χ0n) is 9.63. The van der Waals surface area contributed by atoms with E-state index in [0.717, 1.165) is 5.02 Å². The maximum Gasteiger partial charge on any atom is 0.0420 e. The molecule has 0 aliphatic heterocycles. The smallest absolute Gasteiger partial charge is 0.0420 e. The summed E-state index contributed by atoms with van der Waals surface area (Å²) in [4.78, 5) is 0. The number of thiophene rings is 1. The zero-order valence-corrected chi connectivity index (χ0v) is 11.2. The Morgan fingerprint density at radius 2 is 2.06 bits per heavy atom. The van der Waals surface area contributed by atoms with Gasteiger partial charge in [-0.1, -0.05) is 43.9 Å². The Morgan fingerprint density at radius 1 is 1.19 bits per heavy atom. The van der Waals surface area contributed by atoms with E-state index in [-0.39, 0.29) is 0 Å². The number of halogens is 1. The summed E-state index contributed by atoms with van der Waals surface area (Å²) in [6.45, 7) is 2.25. The molecule has 0 saturated carbocycles. The van der Waals surface area contributed by atoms with Crippen LogP contribution in [-0.4, -0.2) is 0 Å². The van der Waals surface area contributed by atoms with Gasteiger partial charge in [-0.25, -0.2) is 0 Å². The first-order valence-electron chi connectivity index (χ1n) is 5.97. The molecule has 2 aromatic rings. The maximum absolute atomic E-state index is 5.98. The topological polar surface area (TPSA) is 0 Å². The van der Waals surface area contributed by atoms with Gasteiger partial charge in [0.15, 0.2) is 0 Å². The minimum absolute atomic E-state index is 0.840. The second kappa shape index (κ2) is 5.70. The molecule has 0 aliphatic rings. The standard InChI is InChI=1S/C14H17ClS/c1-2-3-4-5-6-11-10-16-14-9-12(15)7-8-13(11)14/h7-10H,2-6H2,1H3. The molecular formula is C14H17ClS. The molecule has 0 spiro atoms. The van der Waals surface area contributed by atoms with Crippen LogP contribution in [0.1, 0.15) is 38.2 Å². The van der Waals surface area contributed by atoms with Crippen molar-refractivity contribution >= 4 is 33.0 Å². The van der Waals surface area contributed by atoms with Gasteiger partial charge >= 0.3 is 0 Å². The van der Waals surface area contributed by atoms with Crippen molar-refractivity contribution in [2.45, 2.75) is 39.0 Å². The van der Waals surface area contributed by atoms with Crippen LogP contribution in [0.25, 0.3) is 10.1 Å². The number of benzene rings is 1. The van der Waals surface area contributed by atoms with Crippen molar-refractivity contribution < 1.29 is 0 Å². The zero-order chi connectivity index (χ0) is 11.4. The van der Waals surface area contributed by atoms with E-state index in [1.807, 2.05) is 17.4 Å². The van der Waals surface area contributed by atoms with Crippen molar-refractivity contribution in [2.75, 3.05) is 0 Å². The summed E-state index contributed by atoms with van der Waals surface area (Å²) in [5, 5.41) is 4.52. The first-order chi connectivity index (χ1) is 7.81. The van der Waals surface area contributed by atoms with Crippen molar-refractivity contribution in [1.82, 2.24) is 0 Å². The van der Waals surface area contributed by atoms with Crippen LogP contribution in [0.15, 0.2) is 23.6 Å². The Morgan fingerprint density at radius 3 is 2.88 bits per heavy atom. The fourth-order valence-electron chi connectivity index (χ4n) is 1.99. The van der Waals surface area contributed by atoms with Crippen molar-refractivity contribution in [3.63, 3.8) is 0 Å². The lowest BCUT2D eigenvalue weighted by molar-refractivity contribution is 0.669. The van der Waals surface area contributed by atoms with Crippen LogP contribution >= 0.6 is 22.9 Å². The monoisotopic (exact) mass is 252 g/mol. The quantitative estimate of drug-likeness (QED) is 0.601. The molecule has 0 N–H and O–H groups in total. The summed E-state index contributed by atoms with van der Waals surface area (Å²) in [6.07, 6.45) is 6.53. The third-order valence-corrected chi connectivity index (χ3v) is 4.15. The van der Waals surface area contributed by atoms with Crippen LogP contribution < -0.4 is 0 Å². The van der Waals surface area contributed by atoms with Crippen LogP contribution in [0.2, 0.25) is 5.02 Å². The van der Waals surface area contributed by atoms with Gasteiger partial charge in [0, 0.05) is 9.72 Å². The summed E-state index contributed by atoms with van der Waals surface area (Å²) in [6, 6.07) is 6.21. The third-order valence-electron chi connectivity index (χ3n) is 2.92. The van der Waals surface area contributed by atoms with Gasteiger partial charge in [0.25, 0.3) is 0 Å². The molecule has 0 saturated heterocycles. The van der Waals surface area contributed by atoms with Crippen LogP contribution in [-0.2, 0) is 6.42 Å². The highest BCUT2D eigenvalue weighted by atomic mass is 35.5. The van der Waals surface area contributed by atoms with E-state index in [1.165, 1.54) is 47.8 Å². The largest absolute Gasteiger partial charge is 0.143 e. The fourth-order valence-corrected chi connectivity index (χ4v) is 3.26. The van der Waals surface area contributed by atoms with E-state index >= 15 is 0 Å². The van der Waals surface area contributed by atoms with E-state index in [2.05, 4.69) is 24.4 Å². The first-order valence-corrected chi connectivity index (χ1v) is 7.22. The molecule has 16 heavy (non-hydrogen) atoms. The SMILES string of the molecule is CCCCCCc1csc2cc(Cl)ccc12. The number of aryl methyl sites for hydroxylation is 1. The highest BCUT2D eigenvalue weighted by molar-refractivity contribution is 7.17. The molecule has 0 nitrogen and oxygen atoms in total. The normalized spacial score (nSPS) is 11.1. The molecule has 1 aromatic carbocycles. The number of rotatable bonds is 5. The van der Waals surface area contributed by atoms with Crippen LogP contribution in [0.3, 0.4) is 0 Å². The molecule has 0 radical (unpaired) electrons. The van der Waals surface area contributed by atoms with Gasteiger partial charge in [-0.05, 0) is 41.3 Å². The van der Waals surface area contributed by atoms with Crippen LogP contribution in [0.5, 0.6) is 0 Å². The van der Waals surface area contributed by atoms with Gasteiger partial charge in [-0.3, -0.25) is 0 Å². The number of hydrogen-bond donors (Lipinski definition) is 0. The fraction of sp³-hybridized carbons (Fsp3) is 0.429. The molecule has 1 heterocycles. The molecule has 1 aromatic heterocycles. The van der Waals surface area contributed by atoms with Crippen molar-refractivity contribution in [1.29, 1.82) is 0 Å². The number of unbranched alkanes of at least 4 members (excludes halogenated alkanes) is 3. The van der Waals surface area contributed by atoms with Gasteiger partial charge in [0.2, 0.25) is 0 Å². The minimum atomic E-state index is 0.840.